The third-order valence-electron chi connectivity index (χ3n) is 4.86. The second-order valence-corrected chi connectivity index (χ2v) is 7.84. The van der Waals surface area contributed by atoms with Crippen LogP contribution in [-0.4, -0.2) is 4.98 Å². The standard InChI is InChI=1S/C22H17NO3S/c1-3-6-15-14-7-4-5-8-19(14)27-21(15)20-16-11-18-17(23-22(24)26-18)10-13(16)9-12(2)25-20/h4-5,7-11H,3,6H2,1-2H3/p+1. The average Bonchev–Trinajstić information content (AvgIpc) is 3.19. The maximum absolute atomic E-state index is 11.6. The number of rotatable bonds is 3. The van der Waals surface area contributed by atoms with Gasteiger partial charge in [-0.2, -0.15) is 0 Å². The summed E-state index contributed by atoms with van der Waals surface area (Å²) in [5.41, 5.74) is 2.57. The zero-order valence-electron chi connectivity index (χ0n) is 15.1. The Labute approximate surface area is 159 Å². The highest BCUT2D eigenvalue weighted by molar-refractivity contribution is 7.22. The van der Waals surface area contributed by atoms with Crippen LogP contribution < -0.4 is 5.76 Å². The van der Waals surface area contributed by atoms with E-state index in [9.17, 15) is 4.79 Å². The third-order valence-corrected chi connectivity index (χ3v) is 6.07. The molecule has 5 heteroatoms. The SMILES string of the molecule is CCCc1c(-c2[o+]c(C)cc3cc4[nH]c(=O)oc4cc23)sc2ccccc12. The van der Waals surface area contributed by atoms with E-state index in [-0.39, 0.29) is 0 Å². The molecule has 0 aliphatic carbocycles. The molecule has 0 atom stereocenters. The zero-order valence-corrected chi connectivity index (χ0v) is 15.9. The van der Waals surface area contributed by atoms with Crippen LogP contribution in [0.2, 0.25) is 0 Å². The normalized spacial score (nSPS) is 11.8. The number of aromatic amines is 1. The zero-order chi connectivity index (χ0) is 18.5. The number of benzene rings is 2. The number of hydrogen-bond donors (Lipinski definition) is 1. The monoisotopic (exact) mass is 376 g/mol. The minimum absolute atomic E-state index is 0.441. The van der Waals surface area contributed by atoms with E-state index in [1.165, 1.54) is 15.6 Å². The van der Waals surface area contributed by atoms with Crippen molar-refractivity contribution in [1.82, 2.24) is 4.98 Å². The van der Waals surface area contributed by atoms with Gasteiger partial charge in [-0.15, -0.1) is 11.3 Å². The van der Waals surface area contributed by atoms with Gasteiger partial charge >= 0.3 is 17.3 Å². The highest BCUT2D eigenvalue weighted by Crippen LogP contribution is 2.43. The van der Waals surface area contributed by atoms with Gasteiger partial charge in [0.2, 0.25) is 0 Å². The smallest absolute Gasteiger partial charge is 0.408 e. The van der Waals surface area contributed by atoms with Crippen LogP contribution in [0.3, 0.4) is 0 Å². The molecular formula is C22H18NO3S+. The van der Waals surface area contributed by atoms with Crippen molar-refractivity contribution in [2.45, 2.75) is 26.7 Å². The summed E-state index contributed by atoms with van der Waals surface area (Å²) in [5, 5.41) is 3.27. The van der Waals surface area contributed by atoms with Crippen molar-refractivity contribution in [3.8, 4) is 10.6 Å². The lowest BCUT2D eigenvalue weighted by Crippen LogP contribution is -1.92. The Kier molecular flexibility index (Phi) is 3.65. The first-order chi connectivity index (χ1) is 13.1. The Morgan fingerprint density at radius 2 is 2.00 bits per heavy atom. The lowest BCUT2D eigenvalue weighted by molar-refractivity contribution is 0.538. The first kappa shape index (κ1) is 16.3. The van der Waals surface area contributed by atoms with Crippen LogP contribution in [0.5, 0.6) is 0 Å². The van der Waals surface area contributed by atoms with E-state index >= 15 is 0 Å². The van der Waals surface area contributed by atoms with E-state index in [1.807, 2.05) is 25.1 Å². The fourth-order valence-corrected chi connectivity index (χ4v) is 4.99. The first-order valence-electron chi connectivity index (χ1n) is 9.05. The molecule has 0 amide bonds. The van der Waals surface area contributed by atoms with Crippen molar-refractivity contribution in [3.63, 3.8) is 0 Å². The fourth-order valence-electron chi connectivity index (χ4n) is 3.74. The molecule has 3 heterocycles. The Morgan fingerprint density at radius 1 is 1.15 bits per heavy atom. The number of fused-ring (bicyclic) bond motifs is 3. The van der Waals surface area contributed by atoms with Crippen LogP contribution in [0, 0.1) is 6.92 Å². The lowest BCUT2D eigenvalue weighted by atomic mass is 10.0. The van der Waals surface area contributed by atoms with Crippen LogP contribution in [0.4, 0.5) is 0 Å². The van der Waals surface area contributed by atoms with Gasteiger partial charge in [0.15, 0.2) is 5.58 Å². The molecule has 4 nitrogen and oxygen atoms in total. The Morgan fingerprint density at radius 3 is 2.85 bits per heavy atom. The van der Waals surface area contributed by atoms with E-state index < -0.39 is 5.76 Å². The molecule has 134 valence electrons. The highest BCUT2D eigenvalue weighted by atomic mass is 32.1. The summed E-state index contributed by atoms with van der Waals surface area (Å²) in [6, 6.07) is 14.3. The Bertz CT molecular complexity index is 1370. The van der Waals surface area contributed by atoms with Crippen molar-refractivity contribution in [2.24, 2.45) is 0 Å². The van der Waals surface area contributed by atoms with Gasteiger partial charge in [-0.05, 0) is 29.5 Å². The highest BCUT2D eigenvalue weighted by Gasteiger charge is 2.26. The fraction of sp³-hybridized carbons (Fsp3) is 0.182. The maximum atomic E-state index is 11.6. The van der Waals surface area contributed by atoms with Gasteiger partial charge in [0.05, 0.1) is 17.8 Å². The molecule has 27 heavy (non-hydrogen) atoms. The van der Waals surface area contributed by atoms with Crippen molar-refractivity contribution >= 4 is 43.3 Å². The topological polar surface area (TPSA) is 57.3 Å². The van der Waals surface area contributed by atoms with E-state index in [0.717, 1.165) is 40.0 Å². The number of aryl methyl sites for hydroxylation is 2. The average molecular weight is 376 g/mol. The van der Waals surface area contributed by atoms with Crippen molar-refractivity contribution in [3.05, 3.63) is 64.3 Å². The van der Waals surface area contributed by atoms with Crippen LogP contribution in [0.15, 0.2) is 56.1 Å². The van der Waals surface area contributed by atoms with Crippen LogP contribution in [-0.2, 0) is 6.42 Å². The molecule has 0 aliphatic heterocycles. The van der Waals surface area contributed by atoms with E-state index in [0.29, 0.717) is 11.1 Å². The summed E-state index contributed by atoms with van der Waals surface area (Å²) in [6.45, 7) is 4.15. The molecule has 3 aromatic heterocycles. The largest absolute Gasteiger partial charge is 0.417 e. The first-order valence-corrected chi connectivity index (χ1v) is 9.87. The molecule has 0 saturated heterocycles. The number of thiophene rings is 1. The minimum atomic E-state index is -0.441. The summed E-state index contributed by atoms with van der Waals surface area (Å²) in [6.07, 6.45) is 2.06. The molecule has 0 saturated carbocycles. The van der Waals surface area contributed by atoms with E-state index in [1.54, 1.807) is 11.3 Å². The van der Waals surface area contributed by atoms with Gasteiger partial charge in [-0.25, -0.2) is 9.21 Å². The van der Waals surface area contributed by atoms with Gasteiger partial charge in [0.1, 0.15) is 4.88 Å². The van der Waals surface area contributed by atoms with Crippen molar-refractivity contribution in [1.29, 1.82) is 0 Å². The lowest BCUT2D eigenvalue weighted by Gasteiger charge is -2.01. The molecule has 2 aromatic carbocycles. The van der Waals surface area contributed by atoms with Crippen LogP contribution in [0.25, 0.3) is 42.6 Å². The Hall–Kier alpha value is -2.92. The molecule has 5 aromatic rings. The van der Waals surface area contributed by atoms with Crippen molar-refractivity contribution in [2.75, 3.05) is 0 Å². The summed E-state index contributed by atoms with van der Waals surface area (Å²) in [5.74, 6) is 1.24. The number of H-pyrrole nitrogens is 1. The van der Waals surface area contributed by atoms with Gasteiger partial charge in [0, 0.05) is 22.2 Å². The van der Waals surface area contributed by atoms with Gasteiger partial charge in [-0.3, -0.25) is 4.98 Å². The van der Waals surface area contributed by atoms with Gasteiger partial charge in [-0.1, -0.05) is 31.5 Å². The quantitative estimate of drug-likeness (QED) is 0.376. The molecule has 0 spiro atoms. The van der Waals surface area contributed by atoms with E-state index in [4.69, 9.17) is 8.83 Å². The number of aromatic nitrogens is 1. The minimum Gasteiger partial charge on any atom is -0.408 e. The Balaban J connectivity index is 1.89. The number of nitrogens with one attached hydrogen (secondary N) is 1. The molecule has 1 N–H and O–H groups in total. The second-order valence-electron chi connectivity index (χ2n) is 6.79. The predicted molar refractivity (Wildman–Crippen MR) is 111 cm³/mol. The molecule has 0 unspecified atom stereocenters. The van der Waals surface area contributed by atoms with Crippen molar-refractivity contribution < 1.29 is 8.83 Å². The molecular weight excluding hydrogens is 358 g/mol. The maximum Gasteiger partial charge on any atom is 0.417 e. The predicted octanol–water partition coefficient (Wildman–Crippen LogP) is 6.29. The number of hydrogen-bond acceptors (Lipinski definition) is 3. The van der Waals surface area contributed by atoms with E-state index in [2.05, 4.69) is 36.2 Å². The molecule has 0 fully saturated rings. The van der Waals surface area contributed by atoms with Crippen LogP contribution >= 0.6 is 11.3 Å². The van der Waals surface area contributed by atoms with Gasteiger partial charge in [0.25, 0.3) is 0 Å². The molecule has 0 aliphatic rings. The summed E-state index contributed by atoms with van der Waals surface area (Å²) < 4.78 is 12.8. The summed E-state index contributed by atoms with van der Waals surface area (Å²) >= 11 is 1.76. The summed E-state index contributed by atoms with van der Waals surface area (Å²) in [4.78, 5) is 15.5. The second kappa shape index (κ2) is 6.06. The molecule has 5 rings (SSSR count). The number of oxazole rings is 1. The van der Waals surface area contributed by atoms with Gasteiger partial charge < -0.3 is 4.42 Å². The summed E-state index contributed by atoms with van der Waals surface area (Å²) in [7, 11) is 0. The molecule has 0 radical (unpaired) electrons. The third kappa shape index (κ3) is 2.58. The molecule has 0 bridgehead atoms. The van der Waals surface area contributed by atoms with Crippen LogP contribution in [0.1, 0.15) is 24.7 Å².